The highest BCUT2D eigenvalue weighted by Crippen LogP contribution is 2.27. The molecule has 0 amide bonds. The predicted molar refractivity (Wildman–Crippen MR) is 117 cm³/mol. The highest BCUT2D eigenvalue weighted by Gasteiger charge is 2.23. The molecule has 154 valence electrons. The molecular weight excluding hydrogens is 372 g/mol. The fourth-order valence-electron chi connectivity index (χ4n) is 4.41. The highest BCUT2D eigenvalue weighted by atomic mass is 32.1. The summed E-state index contributed by atoms with van der Waals surface area (Å²) in [5.74, 6) is 2.54. The van der Waals surface area contributed by atoms with E-state index in [2.05, 4.69) is 33.4 Å². The summed E-state index contributed by atoms with van der Waals surface area (Å²) in [5.41, 5.74) is 0. The van der Waals surface area contributed by atoms with Gasteiger partial charge in [0.1, 0.15) is 11.6 Å². The zero-order valence-electron chi connectivity index (χ0n) is 16.8. The van der Waals surface area contributed by atoms with Gasteiger partial charge in [0.2, 0.25) is 5.95 Å². The zero-order valence-corrected chi connectivity index (χ0v) is 17.6. The summed E-state index contributed by atoms with van der Waals surface area (Å²) in [7, 11) is 0. The van der Waals surface area contributed by atoms with E-state index in [1.807, 2.05) is 0 Å². The van der Waals surface area contributed by atoms with Gasteiger partial charge in [0, 0.05) is 37.8 Å². The first-order valence-electron chi connectivity index (χ1n) is 10.7. The molecule has 2 aliphatic heterocycles. The molecule has 3 aliphatic rings. The summed E-state index contributed by atoms with van der Waals surface area (Å²) in [6, 6.07) is 3.10. The molecule has 3 fully saturated rings. The van der Waals surface area contributed by atoms with Gasteiger partial charge >= 0.3 is 0 Å². The number of nitrogens with zero attached hydrogens (tertiary/aromatic N) is 4. The molecule has 0 spiro atoms. The second kappa shape index (κ2) is 9.22. The van der Waals surface area contributed by atoms with Crippen molar-refractivity contribution in [2.45, 2.75) is 64.0 Å². The molecule has 0 bridgehead atoms. The van der Waals surface area contributed by atoms with Gasteiger partial charge in [-0.3, -0.25) is 0 Å². The Morgan fingerprint density at radius 1 is 1.04 bits per heavy atom. The zero-order chi connectivity index (χ0) is 19.3. The van der Waals surface area contributed by atoms with Crippen molar-refractivity contribution in [1.82, 2.24) is 15.3 Å². The Balaban J connectivity index is 1.54. The number of thiocarbonyl (C=S) groups is 1. The number of hydrogen-bond acceptors (Lipinski definition) is 6. The van der Waals surface area contributed by atoms with Crippen LogP contribution in [0.4, 0.5) is 17.6 Å². The van der Waals surface area contributed by atoms with Gasteiger partial charge in [0.05, 0.1) is 13.2 Å². The average Bonchev–Trinajstić information content (AvgIpc) is 3.21. The third-order valence-electron chi connectivity index (χ3n) is 6.05. The van der Waals surface area contributed by atoms with Crippen molar-refractivity contribution in [1.29, 1.82) is 0 Å². The molecule has 3 heterocycles. The third kappa shape index (κ3) is 4.84. The summed E-state index contributed by atoms with van der Waals surface area (Å²) in [6.45, 7) is 6.53. The molecule has 1 aliphatic carbocycles. The SMILES string of the molecule is CC1CCCCN1c1cc(N2CCOCC2)nc(NC(=S)NC2CCCC2)n1. The molecule has 1 aromatic heterocycles. The summed E-state index contributed by atoms with van der Waals surface area (Å²) in [5, 5.41) is 7.31. The lowest BCUT2D eigenvalue weighted by Crippen LogP contribution is -2.40. The molecule has 1 saturated carbocycles. The average molecular weight is 405 g/mol. The standard InChI is InChI=1S/C20H32N6OS/c1-15-6-4-5-9-26(15)18-14-17(25-10-12-27-13-11-25)22-19(23-18)24-20(28)21-16-7-2-3-8-16/h14-16H,2-13H2,1H3,(H2,21,22,23,24,28). The number of morpholine rings is 1. The first kappa shape index (κ1) is 19.6. The van der Waals surface area contributed by atoms with Crippen molar-refractivity contribution in [3.63, 3.8) is 0 Å². The molecule has 7 nitrogen and oxygen atoms in total. The van der Waals surface area contributed by atoms with Crippen molar-refractivity contribution < 1.29 is 4.74 Å². The normalized spacial score (nSPS) is 23.7. The summed E-state index contributed by atoms with van der Waals surface area (Å²) < 4.78 is 5.51. The maximum atomic E-state index is 5.55. The van der Waals surface area contributed by atoms with E-state index in [0.29, 0.717) is 23.1 Å². The first-order valence-corrected chi connectivity index (χ1v) is 11.2. The Bertz CT molecular complexity index is 675. The number of piperidine rings is 1. The first-order chi connectivity index (χ1) is 13.7. The minimum Gasteiger partial charge on any atom is -0.378 e. The van der Waals surface area contributed by atoms with Crippen molar-refractivity contribution in [3.8, 4) is 0 Å². The Labute approximate surface area is 173 Å². The second-order valence-corrected chi connectivity index (χ2v) is 8.53. The maximum Gasteiger partial charge on any atom is 0.232 e. The van der Waals surface area contributed by atoms with E-state index in [1.165, 1.54) is 44.9 Å². The van der Waals surface area contributed by atoms with Crippen LogP contribution in [0.2, 0.25) is 0 Å². The lowest BCUT2D eigenvalue weighted by molar-refractivity contribution is 0.122. The molecular formula is C20H32N6OS. The van der Waals surface area contributed by atoms with E-state index in [9.17, 15) is 0 Å². The van der Waals surface area contributed by atoms with Crippen LogP contribution in [-0.2, 0) is 4.74 Å². The van der Waals surface area contributed by atoms with Crippen LogP contribution in [0.1, 0.15) is 51.9 Å². The Kier molecular flexibility index (Phi) is 6.47. The minimum atomic E-state index is 0.476. The summed E-state index contributed by atoms with van der Waals surface area (Å²) in [6.07, 6.45) is 8.65. The molecule has 8 heteroatoms. The van der Waals surface area contributed by atoms with Gasteiger partial charge in [-0.05, 0) is 51.2 Å². The minimum absolute atomic E-state index is 0.476. The third-order valence-corrected chi connectivity index (χ3v) is 6.27. The van der Waals surface area contributed by atoms with E-state index >= 15 is 0 Å². The van der Waals surface area contributed by atoms with Gasteiger partial charge in [-0.1, -0.05) is 12.8 Å². The number of nitrogens with one attached hydrogen (secondary N) is 2. The van der Waals surface area contributed by atoms with Crippen LogP contribution >= 0.6 is 12.2 Å². The van der Waals surface area contributed by atoms with E-state index in [0.717, 1.165) is 44.5 Å². The van der Waals surface area contributed by atoms with E-state index in [-0.39, 0.29) is 0 Å². The summed E-state index contributed by atoms with van der Waals surface area (Å²) in [4.78, 5) is 14.3. The molecule has 1 unspecified atom stereocenters. The van der Waals surface area contributed by atoms with Gasteiger partial charge in [0.25, 0.3) is 0 Å². The van der Waals surface area contributed by atoms with Gasteiger partial charge < -0.3 is 25.2 Å². The number of rotatable bonds is 4. The van der Waals surface area contributed by atoms with E-state index in [4.69, 9.17) is 26.9 Å². The van der Waals surface area contributed by atoms with E-state index in [1.54, 1.807) is 0 Å². The van der Waals surface area contributed by atoms with Crippen LogP contribution in [0.5, 0.6) is 0 Å². The van der Waals surface area contributed by atoms with Crippen molar-refractivity contribution in [2.24, 2.45) is 0 Å². The molecule has 28 heavy (non-hydrogen) atoms. The monoisotopic (exact) mass is 404 g/mol. The van der Waals surface area contributed by atoms with Crippen LogP contribution in [0.3, 0.4) is 0 Å². The predicted octanol–water partition coefficient (Wildman–Crippen LogP) is 2.92. The Morgan fingerprint density at radius 3 is 2.50 bits per heavy atom. The lowest BCUT2D eigenvalue weighted by atomic mass is 10.0. The van der Waals surface area contributed by atoms with Crippen molar-refractivity contribution >= 4 is 34.9 Å². The van der Waals surface area contributed by atoms with Crippen LogP contribution in [-0.4, -0.2) is 60.0 Å². The maximum absolute atomic E-state index is 5.55. The molecule has 2 N–H and O–H groups in total. The van der Waals surface area contributed by atoms with Crippen LogP contribution < -0.4 is 20.4 Å². The molecule has 4 rings (SSSR count). The smallest absolute Gasteiger partial charge is 0.232 e. The molecule has 0 radical (unpaired) electrons. The molecule has 1 atom stereocenters. The fourth-order valence-corrected chi connectivity index (χ4v) is 4.67. The van der Waals surface area contributed by atoms with Crippen LogP contribution in [0.15, 0.2) is 6.07 Å². The molecule has 1 aromatic rings. The van der Waals surface area contributed by atoms with Gasteiger partial charge in [0.15, 0.2) is 5.11 Å². The number of anilines is 3. The van der Waals surface area contributed by atoms with Crippen LogP contribution in [0.25, 0.3) is 0 Å². The van der Waals surface area contributed by atoms with Crippen molar-refractivity contribution in [2.75, 3.05) is 48.0 Å². The lowest BCUT2D eigenvalue weighted by Gasteiger charge is -2.35. The Hall–Kier alpha value is -1.67. The number of aromatic nitrogens is 2. The molecule has 0 aromatic carbocycles. The second-order valence-electron chi connectivity index (χ2n) is 8.13. The number of ether oxygens (including phenoxy) is 1. The number of hydrogen-bond donors (Lipinski definition) is 2. The van der Waals surface area contributed by atoms with Gasteiger partial charge in [-0.15, -0.1) is 0 Å². The Morgan fingerprint density at radius 2 is 1.75 bits per heavy atom. The van der Waals surface area contributed by atoms with E-state index < -0.39 is 0 Å². The fraction of sp³-hybridized carbons (Fsp3) is 0.750. The van der Waals surface area contributed by atoms with Crippen molar-refractivity contribution in [3.05, 3.63) is 6.07 Å². The van der Waals surface area contributed by atoms with Crippen LogP contribution in [0, 0.1) is 0 Å². The molecule has 2 saturated heterocycles. The van der Waals surface area contributed by atoms with Gasteiger partial charge in [-0.2, -0.15) is 9.97 Å². The topological polar surface area (TPSA) is 65.6 Å². The quantitative estimate of drug-likeness (QED) is 0.743. The van der Waals surface area contributed by atoms with Gasteiger partial charge in [-0.25, -0.2) is 0 Å². The summed E-state index contributed by atoms with van der Waals surface area (Å²) >= 11 is 5.55. The largest absolute Gasteiger partial charge is 0.378 e. The highest BCUT2D eigenvalue weighted by molar-refractivity contribution is 7.80.